The molecule has 0 atom stereocenters. The lowest BCUT2D eigenvalue weighted by atomic mass is 10.2. The molecule has 3 N–H and O–H groups in total. The van der Waals surface area contributed by atoms with E-state index in [4.69, 9.17) is 5.73 Å². The number of carbonyl (C=O) groups excluding carboxylic acids is 1. The Balaban J connectivity index is 2.31. The van der Waals surface area contributed by atoms with Crippen LogP contribution in [0.5, 0.6) is 0 Å². The monoisotopic (exact) mass is 204 g/mol. The van der Waals surface area contributed by atoms with Crippen LogP contribution in [-0.2, 0) is 0 Å². The first-order valence-corrected chi connectivity index (χ1v) is 4.73. The van der Waals surface area contributed by atoms with E-state index in [9.17, 15) is 4.79 Å². The first kappa shape index (κ1) is 9.67. The lowest BCUT2D eigenvalue weighted by Gasteiger charge is -2.00. The number of nitrogens with zero attached hydrogens (tertiary/aromatic N) is 2. The van der Waals surface area contributed by atoms with Crippen molar-refractivity contribution in [2.75, 3.05) is 13.1 Å². The Labute approximate surface area is 86.9 Å². The highest BCUT2D eigenvalue weighted by Gasteiger charge is 2.10. The number of nitrogens with two attached hydrogens (primary N) is 1. The average Bonchev–Trinajstić information content (AvgIpc) is 2.69. The van der Waals surface area contributed by atoms with E-state index in [1.165, 1.54) is 0 Å². The highest BCUT2D eigenvalue weighted by molar-refractivity contribution is 6.00. The SMILES string of the molecule is NCCNC(=O)c1cnn2ccccc12. The van der Waals surface area contributed by atoms with E-state index in [0.717, 1.165) is 5.52 Å². The van der Waals surface area contributed by atoms with Crippen molar-refractivity contribution in [2.45, 2.75) is 0 Å². The van der Waals surface area contributed by atoms with Crippen LogP contribution in [0.25, 0.3) is 5.52 Å². The number of carbonyl (C=O) groups is 1. The highest BCUT2D eigenvalue weighted by Crippen LogP contribution is 2.09. The minimum absolute atomic E-state index is 0.137. The van der Waals surface area contributed by atoms with Gasteiger partial charge >= 0.3 is 0 Å². The van der Waals surface area contributed by atoms with Gasteiger partial charge in [0, 0.05) is 19.3 Å². The number of pyridine rings is 1. The summed E-state index contributed by atoms with van der Waals surface area (Å²) in [6.45, 7) is 0.911. The van der Waals surface area contributed by atoms with E-state index in [0.29, 0.717) is 18.7 Å². The van der Waals surface area contributed by atoms with Gasteiger partial charge in [-0.05, 0) is 12.1 Å². The fraction of sp³-hybridized carbons (Fsp3) is 0.200. The minimum atomic E-state index is -0.137. The summed E-state index contributed by atoms with van der Waals surface area (Å²) in [5.41, 5.74) is 6.68. The van der Waals surface area contributed by atoms with E-state index >= 15 is 0 Å². The lowest BCUT2D eigenvalue weighted by molar-refractivity contribution is 0.0956. The number of fused-ring (bicyclic) bond motifs is 1. The summed E-state index contributed by atoms with van der Waals surface area (Å²) in [5, 5.41) is 6.78. The first-order chi connectivity index (χ1) is 7.33. The van der Waals surface area contributed by atoms with Crippen molar-refractivity contribution < 1.29 is 4.79 Å². The number of hydrogen-bond donors (Lipinski definition) is 2. The number of nitrogens with one attached hydrogen (secondary N) is 1. The third-order valence-corrected chi connectivity index (χ3v) is 2.10. The van der Waals surface area contributed by atoms with Crippen molar-refractivity contribution in [1.82, 2.24) is 14.9 Å². The van der Waals surface area contributed by atoms with E-state index < -0.39 is 0 Å². The Morgan fingerprint density at radius 3 is 3.20 bits per heavy atom. The molecule has 2 heterocycles. The Hall–Kier alpha value is -1.88. The molecule has 5 nitrogen and oxygen atoms in total. The van der Waals surface area contributed by atoms with Gasteiger partial charge in [0.05, 0.1) is 17.3 Å². The van der Waals surface area contributed by atoms with Crippen LogP contribution in [0.4, 0.5) is 0 Å². The second kappa shape index (κ2) is 4.10. The van der Waals surface area contributed by atoms with Crippen molar-refractivity contribution in [3.8, 4) is 0 Å². The van der Waals surface area contributed by atoms with Crippen LogP contribution in [0.1, 0.15) is 10.4 Å². The summed E-state index contributed by atoms with van der Waals surface area (Å²) >= 11 is 0. The standard InChI is InChI=1S/C10H12N4O/c11-4-5-12-10(15)8-7-13-14-6-2-1-3-9(8)14/h1-3,6-7H,4-5,11H2,(H,12,15). The Kier molecular flexibility index (Phi) is 2.64. The lowest BCUT2D eigenvalue weighted by Crippen LogP contribution is -2.28. The molecular weight excluding hydrogens is 192 g/mol. The van der Waals surface area contributed by atoms with Crippen molar-refractivity contribution in [2.24, 2.45) is 5.73 Å². The van der Waals surface area contributed by atoms with Crippen LogP contribution < -0.4 is 11.1 Å². The summed E-state index contributed by atoms with van der Waals surface area (Å²) in [5.74, 6) is -0.137. The largest absolute Gasteiger partial charge is 0.351 e. The third-order valence-electron chi connectivity index (χ3n) is 2.10. The summed E-state index contributed by atoms with van der Waals surface area (Å²) in [6.07, 6.45) is 3.36. The molecule has 5 heteroatoms. The zero-order valence-electron chi connectivity index (χ0n) is 8.18. The van der Waals surface area contributed by atoms with E-state index in [1.54, 1.807) is 16.9 Å². The molecule has 0 saturated carbocycles. The fourth-order valence-corrected chi connectivity index (χ4v) is 1.39. The van der Waals surface area contributed by atoms with Gasteiger partial charge < -0.3 is 11.1 Å². The van der Waals surface area contributed by atoms with E-state index in [1.807, 2.05) is 18.2 Å². The second-order valence-corrected chi connectivity index (χ2v) is 3.13. The maximum absolute atomic E-state index is 11.7. The highest BCUT2D eigenvalue weighted by atomic mass is 16.1. The molecule has 0 bridgehead atoms. The molecular formula is C10H12N4O. The van der Waals surface area contributed by atoms with Gasteiger partial charge in [-0.2, -0.15) is 5.10 Å². The van der Waals surface area contributed by atoms with Gasteiger partial charge in [-0.1, -0.05) is 6.07 Å². The number of rotatable bonds is 3. The second-order valence-electron chi connectivity index (χ2n) is 3.13. The number of hydrogen-bond acceptors (Lipinski definition) is 3. The van der Waals surface area contributed by atoms with Crippen molar-refractivity contribution in [3.05, 3.63) is 36.2 Å². The molecule has 0 aliphatic rings. The molecule has 78 valence electrons. The van der Waals surface area contributed by atoms with Crippen molar-refractivity contribution >= 4 is 11.4 Å². The third kappa shape index (κ3) is 1.82. The van der Waals surface area contributed by atoms with Gasteiger partial charge in [0.1, 0.15) is 0 Å². The van der Waals surface area contributed by atoms with Gasteiger partial charge in [0.25, 0.3) is 5.91 Å². The topological polar surface area (TPSA) is 72.4 Å². The molecule has 0 saturated heterocycles. The van der Waals surface area contributed by atoms with Crippen LogP contribution >= 0.6 is 0 Å². The molecule has 0 aliphatic heterocycles. The van der Waals surface area contributed by atoms with Gasteiger partial charge in [0.2, 0.25) is 0 Å². The molecule has 0 aromatic carbocycles. The smallest absolute Gasteiger partial charge is 0.255 e. The minimum Gasteiger partial charge on any atom is -0.351 e. The molecule has 0 aliphatic carbocycles. The maximum Gasteiger partial charge on any atom is 0.255 e. The van der Waals surface area contributed by atoms with Crippen LogP contribution in [-0.4, -0.2) is 28.6 Å². The van der Waals surface area contributed by atoms with Crippen LogP contribution in [0, 0.1) is 0 Å². The normalized spacial score (nSPS) is 10.5. The Bertz CT molecular complexity index is 477. The first-order valence-electron chi connectivity index (χ1n) is 4.73. The molecule has 15 heavy (non-hydrogen) atoms. The van der Waals surface area contributed by atoms with E-state index in [2.05, 4.69) is 10.4 Å². The summed E-state index contributed by atoms with van der Waals surface area (Å²) in [6, 6.07) is 5.59. The zero-order valence-corrected chi connectivity index (χ0v) is 8.18. The van der Waals surface area contributed by atoms with Crippen LogP contribution in [0.15, 0.2) is 30.6 Å². The van der Waals surface area contributed by atoms with Gasteiger partial charge in [-0.15, -0.1) is 0 Å². The molecule has 0 radical (unpaired) electrons. The van der Waals surface area contributed by atoms with Crippen LogP contribution in [0.2, 0.25) is 0 Å². The Morgan fingerprint density at radius 1 is 1.53 bits per heavy atom. The van der Waals surface area contributed by atoms with E-state index in [-0.39, 0.29) is 5.91 Å². The molecule has 2 aromatic rings. The maximum atomic E-state index is 11.7. The van der Waals surface area contributed by atoms with Gasteiger partial charge in [-0.25, -0.2) is 4.52 Å². The average molecular weight is 204 g/mol. The zero-order chi connectivity index (χ0) is 10.7. The molecule has 1 amide bonds. The van der Waals surface area contributed by atoms with Gasteiger partial charge in [-0.3, -0.25) is 4.79 Å². The quantitative estimate of drug-likeness (QED) is 0.740. The Morgan fingerprint density at radius 2 is 2.40 bits per heavy atom. The fourth-order valence-electron chi connectivity index (χ4n) is 1.39. The van der Waals surface area contributed by atoms with Gasteiger partial charge in [0.15, 0.2) is 0 Å². The molecule has 0 unspecified atom stereocenters. The van der Waals surface area contributed by atoms with Crippen LogP contribution in [0.3, 0.4) is 0 Å². The van der Waals surface area contributed by atoms with Crippen molar-refractivity contribution in [1.29, 1.82) is 0 Å². The summed E-state index contributed by atoms with van der Waals surface area (Å²) in [4.78, 5) is 11.7. The number of aromatic nitrogens is 2. The summed E-state index contributed by atoms with van der Waals surface area (Å²) < 4.78 is 1.66. The number of amides is 1. The molecule has 0 fully saturated rings. The molecule has 0 spiro atoms. The molecule has 2 rings (SSSR count). The van der Waals surface area contributed by atoms with Crippen molar-refractivity contribution in [3.63, 3.8) is 0 Å². The summed E-state index contributed by atoms with van der Waals surface area (Å²) in [7, 11) is 0. The predicted octanol–water partition coefficient (Wildman–Crippen LogP) is 0.0228. The predicted molar refractivity (Wildman–Crippen MR) is 56.6 cm³/mol. The molecule has 2 aromatic heterocycles.